The van der Waals surface area contributed by atoms with Crippen molar-refractivity contribution in [1.82, 2.24) is 14.4 Å². The second kappa shape index (κ2) is 5.89. The van der Waals surface area contributed by atoms with Gasteiger partial charge in [-0.2, -0.15) is 0 Å². The molecule has 0 aliphatic carbocycles. The van der Waals surface area contributed by atoms with Crippen LogP contribution in [0.2, 0.25) is 0 Å². The van der Waals surface area contributed by atoms with Crippen molar-refractivity contribution in [1.29, 1.82) is 0 Å². The maximum Gasteiger partial charge on any atom is 0.180 e. The molecular formula is C17H19N5O. The third-order valence-corrected chi connectivity index (χ3v) is 4.12. The monoisotopic (exact) mass is 309 g/mol. The molecule has 2 aromatic heterocycles. The molecule has 0 saturated carbocycles. The average Bonchev–Trinajstić information content (AvgIpc) is 2.99. The van der Waals surface area contributed by atoms with Gasteiger partial charge >= 0.3 is 0 Å². The third-order valence-electron chi connectivity index (χ3n) is 4.12. The van der Waals surface area contributed by atoms with Crippen molar-refractivity contribution in [3.63, 3.8) is 0 Å². The predicted molar refractivity (Wildman–Crippen MR) is 90.5 cm³/mol. The zero-order valence-corrected chi connectivity index (χ0v) is 13.1. The lowest BCUT2D eigenvalue weighted by atomic mass is 10.2. The molecular weight excluding hydrogens is 290 g/mol. The fourth-order valence-electron chi connectivity index (χ4n) is 2.84. The summed E-state index contributed by atoms with van der Waals surface area (Å²) >= 11 is 0. The number of anilines is 3. The maximum absolute atomic E-state index is 5.40. The fourth-order valence-corrected chi connectivity index (χ4v) is 2.84. The van der Waals surface area contributed by atoms with E-state index in [1.165, 1.54) is 5.69 Å². The first kappa shape index (κ1) is 14.0. The number of imidazole rings is 1. The Hall–Kier alpha value is -2.60. The molecule has 1 fully saturated rings. The van der Waals surface area contributed by atoms with Crippen LogP contribution >= 0.6 is 0 Å². The number of nitrogens with zero attached hydrogens (tertiary/aromatic N) is 4. The molecule has 1 aromatic carbocycles. The lowest BCUT2D eigenvalue weighted by molar-refractivity contribution is 0.122. The van der Waals surface area contributed by atoms with Crippen LogP contribution in [0.1, 0.15) is 5.69 Å². The van der Waals surface area contributed by atoms with Crippen molar-refractivity contribution in [3.05, 3.63) is 48.5 Å². The summed E-state index contributed by atoms with van der Waals surface area (Å²) in [6.45, 7) is 5.51. The van der Waals surface area contributed by atoms with Gasteiger partial charge in [0.2, 0.25) is 0 Å². The van der Waals surface area contributed by atoms with E-state index in [1.807, 2.05) is 23.7 Å². The van der Waals surface area contributed by atoms with Gasteiger partial charge in [-0.3, -0.25) is 4.40 Å². The average molecular weight is 309 g/mol. The molecule has 0 bridgehead atoms. The molecule has 3 aromatic rings. The molecule has 1 aliphatic heterocycles. The van der Waals surface area contributed by atoms with Crippen molar-refractivity contribution in [2.24, 2.45) is 0 Å². The van der Waals surface area contributed by atoms with Gasteiger partial charge in [0.25, 0.3) is 0 Å². The fraction of sp³-hybridized carbons (Fsp3) is 0.294. The Kier molecular flexibility index (Phi) is 3.59. The highest BCUT2D eigenvalue weighted by molar-refractivity contribution is 5.71. The van der Waals surface area contributed by atoms with Crippen molar-refractivity contribution in [3.8, 4) is 0 Å². The maximum atomic E-state index is 5.40. The molecule has 0 atom stereocenters. The van der Waals surface area contributed by atoms with Crippen LogP contribution in [0.5, 0.6) is 0 Å². The van der Waals surface area contributed by atoms with Gasteiger partial charge in [-0.15, -0.1) is 0 Å². The Morgan fingerprint density at radius 1 is 1.09 bits per heavy atom. The molecule has 0 radical (unpaired) electrons. The molecule has 0 amide bonds. The van der Waals surface area contributed by atoms with Crippen LogP contribution in [0.25, 0.3) is 5.65 Å². The van der Waals surface area contributed by atoms with Crippen molar-refractivity contribution >= 4 is 22.8 Å². The van der Waals surface area contributed by atoms with Gasteiger partial charge in [0.15, 0.2) is 11.5 Å². The summed E-state index contributed by atoms with van der Waals surface area (Å²) in [6.07, 6.45) is 5.56. The number of hydrogen-bond acceptors (Lipinski definition) is 5. The molecule has 1 saturated heterocycles. The van der Waals surface area contributed by atoms with Crippen molar-refractivity contribution < 1.29 is 4.74 Å². The molecule has 118 valence electrons. The van der Waals surface area contributed by atoms with Crippen LogP contribution in [0.4, 0.5) is 17.2 Å². The van der Waals surface area contributed by atoms with Gasteiger partial charge < -0.3 is 15.0 Å². The number of ether oxygens (including phenoxy) is 1. The summed E-state index contributed by atoms with van der Waals surface area (Å²) < 4.78 is 7.42. The summed E-state index contributed by atoms with van der Waals surface area (Å²) in [5, 5.41) is 3.35. The Morgan fingerprint density at radius 3 is 2.65 bits per heavy atom. The zero-order valence-electron chi connectivity index (χ0n) is 13.1. The van der Waals surface area contributed by atoms with E-state index in [0.717, 1.165) is 49.1 Å². The first-order chi connectivity index (χ1) is 11.3. The smallest absolute Gasteiger partial charge is 0.180 e. The van der Waals surface area contributed by atoms with Crippen LogP contribution in [-0.2, 0) is 4.74 Å². The second-order valence-corrected chi connectivity index (χ2v) is 5.64. The van der Waals surface area contributed by atoms with E-state index in [1.54, 1.807) is 6.20 Å². The topological polar surface area (TPSA) is 54.7 Å². The summed E-state index contributed by atoms with van der Waals surface area (Å²) in [6, 6.07) is 8.41. The first-order valence-electron chi connectivity index (χ1n) is 7.80. The number of benzene rings is 1. The molecule has 1 aliphatic rings. The SMILES string of the molecule is Cc1cnc2c(Nc3ccc(N4CCOCC4)cc3)nccn12. The molecule has 3 heterocycles. The quantitative estimate of drug-likeness (QED) is 0.806. The van der Waals surface area contributed by atoms with E-state index in [-0.39, 0.29) is 0 Å². The minimum absolute atomic E-state index is 0.764. The Bertz CT molecular complexity index is 805. The van der Waals surface area contributed by atoms with Crippen LogP contribution in [0.3, 0.4) is 0 Å². The van der Waals surface area contributed by atoms with E-state index in [2.05, 4.69) is 44.5 Å². The highest BCUT2D eigenvalue weighted by Gasteiger charge is 2.11. The number of rotatable bonds is 3. The summed E-state index contributed by atoms with van der Waals surface area (Å²) in [4.78, 5) is 11.2. The van der Waals surface area contributed by atoms with Crippen LogP contribution in [0.15, 0.2) is 42.9 Å². The van der Waals surface area contributed by atoms with Crippen molar-refractivity contribution in [2.45, 2.75) is 6.92 Å². The van der Waals surface area contributed by atoms with Crippen LogP contribution < -0.4 is 10.2 Å². The Labute approximate surface area is 134 Å². The Morgan fingerprint density at radius 2 is 1.87 bits per heavy atom. The number of nitrogens with one attached hydrogen (secondary N) is 1. The minimum atomic E-state index is 0.764. The number of morpholine rings is 1. The van der Waals surface area contributed by atoms with Crippen LogP contribution in [-0.4, -0.2) is 40.7 Å². The molecule has 23 heavy (non-hydrogen) atoms. The summed E-state index contributed by atoms with van der Waals surface area (Å²) in [5.74, 6) is 0.764. The molecule has 4 rings (SSSR count). The number of aryl methyl sites for hydroxylation is 1. The van der Waals surface area contributed by atoms with E-state index >= 15 is 0 Å². The van der Waals surface area contributed by atoms with Crippen molar-refractivity contribution in [2.75, 3.05) is 36.5 Å². The summed E-state index contributed by atoms with van der Waals surface area (Å²) in [7, 11) is 0. The highest BCUT2D eigenvalue weighted by Crippen LogP contribution is 2.23. The van der Waals surface area contributed by atoms with Gasteiger partial charge in [0, 0.05) is 48.7 Å². The number of hydrogen-bond donors (Lipinski definition) is 1. The lowest BCUT2D eigenvalue weighted by Gasteiger charge is -2.28. The van der Waals surface area contributed by atoms with Crippen LogP contribution in [0, 0.1) is 6.92 Å². The Balaban J connectivity index is 1.56. The molecule has 0 unspecified atom stereocenters. The van der Waals surface area contributed by atoms with Gasteiger partial charge in [-0.25, -0.2) is 9.97 Å². The van der Waals surface area contributed by atoms with Gasteiger partial charge in [0.1, 0.15) is 0 Å². The summed E-state index contributed by atoms with van der Waals surface area (Å²) in [5.41, 5.74) is 4.15. The second-order valence-electron chi connectivity index (χ2n) is 5.64. The molecule has 6 nitrogen and oxygen atoms in total. The van der Waals surface area contributed by atoms with Gasteiger partial charge in [0.05, 0.1) is 13.2 Å². The van der Waals surface area contributed by atoms with E-state index in [4.69, 9.17) is 4.74 Å². The number of fused-ring (bicyclic) bond motifs is 1. The van der Waals surface area contributed by atoms with E-state index in [0.29, 0.717) is 0 Å². The largest absolute Gasteiger partial charge is 0.378 e. The van der Waals surface area contributed by atoms with Gasteiger partial charge in [-0.1, -0.05) is 0 Å². The molecule has 0 spiro atoms. The first-order valence-corrected chi connectivity index (χ1v) is 7.80. The lowest BCUT2D eigenvalue weighted by Crippen LogP contribution is -2.36. The normalized spacial score (nSPS) is 15.1. The highest BCUT2D eigenvalue weighted by atomic mass is 16.5. The number of aromatic nitrogens is 3. The molecule has 6 heteroatoms. The standard InChI is InChI=1S/C17H19N5O/c1-13-12-19-17-16(18-6-7-22(13)17)20-14-2-4-15(5-3-14)21-8-10-23-11-9-21/h2-7,12H,8-11H2,1H3,(H,18,20). The zero-order chi connectivity index (χ0) is 15.6. The van der Waals surface area contributed by atoms with E-state index in [9.17, 15) is 0 Å². The van der Waals surface area contributed by atoms with Gasteiger partial charge in [-0.05, 0) is 31.2 Å². The minimum Gasteiger partial charge on any atom is -0.378 e. The third kappa shape index (κ3) is 2.73. The molecule has 1 N–H and O–H groups in total. The van der Waals surface area contributed by atoms with E-state index < -0.39 is 0 Å². The predicted octanol–water partition coefficient (Wildman–Crippen LogP) is 2.62.